The third-order valence-electron chi connectivity index (χ3n) is 5.72. The fourth-order valence-electron chi connectivity index (χ4n) is 4.31. The van der Waals surface area contributed by atoms with Gasteiger partial charge >= 0.3 is 11.5 Å². The summed E-state index contributed by atoms with van der Waals surface area (Å²) in [4.78, 5) is 0. The van der Waals surface area contributed by atoms with Crippen LogP contribution >= 0.6 is 0 Å². The largest absolute Gasteiger partial charge is 0.465 e. The molecule has 162 valence electrons. The quantitative estimate of drug-likeness (QED) is 0.260. The van der Waals surface area contributed by atoms with Crippen LogP contribution in [0.2, 0.25) is 0 Å². The molecule has 0 saturated carbocycles. The maximum absolute atomic E-state index is 6.16. The Hall–Kier alpha value is -4.11. The molecular formula is C30H25O3+. The Labute approximate surface area is 193 Å². The zero-order valence-electron chi connectivity index (χ0n) is 19.0. The summed E-state index contributed by atoms with van der Waals surface area (Å²) in [5, 5.41) is 0. The van der Waals surface area contributed by atoms with Crippen LogP contribution in [0.15, 0.2) is 86.4 Å². The molecule has 0 aromatic carbocycles. The molecule has 0 bridgehead atoms. The second-order valence-electron chi connectivity index (χ2n) is 8.28. The van der Waals surface area contributed by atoms with E-state index < -0.39 is 0 Å². The molecule has 0 fully saturated rings. The first kappa shape index (κ1) is 20.8. The van der Waals surface area contributed by atoms with Crippen molar-refractivity contribution < 1.29 is 13.3 Å². The van der Waals surface area contributed by atoms with E-state index >= 15 is 0 Å². The highest BCUT2D eigenvalue weighted by Crippen LogP contribution is 2.40. The number of rotatable bonds is 5. The van der Waals surface area contributed by atoms with Gasteiger partial charge in [0.05, 0.1) is 24.7 Å². The summed E-state index contributed by atoms with van der Waals surface area (Å²) in [6.07, 6.45) is 11.0. The second-order valence-corrected chi connectivity index (χ2v) is 8.28. The van der Waals surface area contributed by atoms with Crippen molar-refractivity contribution in [3.63, 3.8) is 0 Å². The van der Waals surface area contributed by atoms with Crippen molar-refractivity contribution >= 4 is 24.3 Å². The average Bonchev–Trinajstić information content (AvgIpc) is 3.56. The van der Waals surface area contributed by atoms with Crippen LogP contribution < -0.4 is 0 Å². The van der Waals surface area contributed by atoms with E-state index in [0.29, 0.717) is 0 Å². The van der Waals surface area contributed by atoms with Gasteiger partial charge in [0.15, 0.2) is 0 Å². The Morgan fingerprint density at radius 2 is 1.21 bits per heavy atom. The Bertz CT molecular complexity index is 1360. The van der Waals surface area contributed by atoms with Crippen molar-refractivity contribution in [3.05, 3.63) is 113 Å². The number of hydrogen-bond acceptors (Lipinski definition) is 2. The SMILES string of the molecule is Cc1cc(C)c2ccc(-c3cc(/C=C/c4ccco4)[o+]c(/C=C/c4ccco4)c3)c-2c(C)c1. The highest BCUT2D eigenvalue weighted by molar-refractivity contribution is 5.90. The summed E-state index contributed by atoms with van der Waals surface area (Å²) >= 11 is 0. The van der Waals surface area contributed by atoms with E-state index in [1.54, 1.807) is 12.5 Å². The molecule has 3 aromatic heterocycles. The molecule has 0 unspecified atom stereocenters. The lowest BCUT2D eigenvalue weighted by Crippen LogP contribution is -1.86. The van der Waals surface area contributed by atoms with Crippen molar-refractivity contribution in [1.82, 2.24) is 0 Å². The van der Waals surface area contributed by atoms with Crippen LogP contribution in [0.1, 0.15) is 39.7 Å². The molecule has 2 aliphatic carbocycles. The van der Waals surface area contributed by atoms with Crippen LogP contribution in [0.4, 0.5) is 0 Å². The van der Waals surface area contributed by atoms with E-state index in [2.05, 4.69) is 57.2 Å². The maximum Gasteiger partial charge on any atom is 0.354 e. The summed E-state index contributed by atoms with van der Waals surface area (Å²) in [6.45, 7) is 6.50. The lowest BCUT2D eigenvalue weighted by atomic mass is 9.97. The first-order valence-electron chi connectivity index (χ1n) is 11.0. The Balaban J connectivity index is 1.64. The van der Waals surface area contributed by atoms with Gasteiger partial charge in [0, 0.05) is 17.7 Å². The predicted molar refractivity (Wildman–Crippen MR) is 135 cm³/mol. The van der Waals surface area contributed by atoms with Gasteiger partial charge in [-0.2, -0.15) is 0 Å². The van der Waals surface area contributed by atoms with E-state index in [0.717, 1.165) is 28.6 Å². The monoisotopic (exact) mass is 433 g/mol. The molecule has 0 radical (unpaired) electrons. The van der Waals surface area contributed by atoms with Crippen molar-refractivity contribution in [2.75, 3.05) is 0 Å². The fraction of sp³-hybridized carbons (Fsp3) is 0.100. The molecule has 5 rings (SSSR count). The molecule has 0 N–H and O–H groups in total. The van der Waals surface area contributed by atoms with Gasteiger partial charge in [-0.15, -0.1) is 0 Å². The van der Waals surface area contributed by atoms with Gasteiger partial charge in [0.25, 0.3) is 0 Å². The standard InChI is InChI=1S/C30H25O3/c1-20-16-21(2)28-12-13-29(30(28)22(3)17-20)23-18-26(10-8-24-6-4-14-31-24)33-27(19-23)11-9-25-7-5-15-32-25/h4-19H,1-3H3/q+1. The molecule has 0 aliphatic heterocycles. The molecule has 33 heavy (non-hydrogen) atoms. The van der Waals surface area contributed by atoms with Gasteiger partial charge in [-0.3, -0.25) is 0 Å². The molecule has 3 nitrogen and oxygen atoms in total. The van der Waals surface area contributed by atoms with Crippen molar-refractivity contribution in [3.8, 4) is 22.3 Å². The van der Waals surface area contributed by atoms with Crippen LogP contribution in [0.25, 0.3) is 46.6 Å². The Morgan fingerprint density at radius 1 is 0.636 bits per heavy atom. The minimum absolute atomic E-state index is 0.739. The molecule has 0 spiro atoms. The minimum Gasteiger partial charge on any atom is -0.465 e. The van der Waals surface area contributed by atoms with Crippen molar-refractivity contribution in [2.45, 2.75) is 20.8 Å². The average molecular weight is 434 g/mol. The molecule has 3 aromatic rings. The molecule has 3 heteroatoms. The number of furan rings is 2. The van der Waals surface area contributed by atoms with Crippen LogP contribution in [-0.2, 0) is 0 Å². The molecule has 3 heterocycles. The maximum atomic E-state index is 6.16. The van der Waals surface area contributed by atoms with Gasteiger partial charge in [0.2, 0.25) is 0 Å². The summed E-state index contributed by atoms with van der Waals surface area (Å²) in [7, 11) is 0. The van der Waals surface area contributed by atoms with Crippen LogP contribution in [0, 0.1) is 20.8 Å². The third-order valence-corrected chi connectivity index (χ3v) is 5.72. The van der Waals surface area contributed by atoms with E-state index in [1.165, 1.54) is 33.4 Å². The normalized spacial score (nSPS) is 11.8. The van der Waals surface area contributed by atoms with Gasteiger partial charge in [-0.25, -0.2) is 4.42 Å². The van der Waals surface area contributed by atoms with Crippen LogP contribution in [0.5, 0.6) is 0 Å². The van der Waals surface area contributed by atoms with Gasteiger partial charge in [-0.1, -0.05) is 29.8 Å². The zero-order valence-corrected chi connectivity index (χ0v) is 19.0. The third kappa shape index (κ3) is 4.44. The van der Waals surface area contributed by atoms with E-state index in [9.17, 15) is 0 Å². The van der Waals surface area contributed by atoms with Gasteiger partial charge in [0.1, 0.15) is 11.5 Å². The number of aryl methyl sites for hydroxylation is 3. The van der Waals surface area contributed by atoms with Gasteiger partial charge < -0.3 is 8.83 Å². The summed E-state index contributed by atoms with van der Waals surface area (Å²) in [5.41, 5.74) is 8.64. The van der Waals surface area contributed by atoms with Crippen LogP contribution in [0.3, 0.4) is 0 Å². The Morgan fingerprint density at radius 3 is 1.79 bits per heavy atom. The molecule has 0 atom stereocenters. The van der Waals surface area contributed by atoms with Crippen molar-refractivity contribution in [2.24, 2.45) is 0 Å². The van der Waals surface area contributed by atoms with E-state index in [1.807, 2.05) is 48.6 Å². The predicted octanol–water partition coefficient (Wildman–Crippen LogP) is 8.78. The second kappa shape index (κ2) is 8.79. The first-order valence-corrected chi connectivity index (χ1v) is 11.0. The highest BCUT2D eigenvalue weighted by atomic mass is 16.3. The number of fused-ring (bicyclic) bond motifs is 1. The Kier molecular flexibility index (Phi) is 5.54. The lowest BCUT2D eigenvalue weighted by Gasteiger charge is -2.06. The van der Waals surface area contributed by atoms with Gasteiger partial charge in [-0.05, 0) is 85.0 Å². The lowest BCUT2D eigenvalue weighted by molar-refractivity contribution is 0.529. The molecule has 0 saturated heterocycles. The minimum atomic E-state index is 0.739. The van der Waals surface area contributed by atoms with Crippen molar-refractivity contribution in [1.29, 1.82) is 0 Å². The number of hydrogen-bond donors (Lipinski definition) is 0. The topological polar surface area (TPSA) is 37.6 Å². The summed E-state index contributed by atoms with van der Waals surface area (Å²) in [6, 6.07) is 20.6. The summed E-state index contributed by atoms with van der Waals surface area (Å²) < 4.78 is 17.0. The fourth-order valence-corrected chi connectivity index (χ4v) is 4.31. The molecular weight excluding hydrogens is 408 g/mol. The first-order chi connectivity index (χ1) is 16.1. The summed E-state index contributed by atoms with van der Waals surface area (Å²) in [5.74, 6) is 3.03. The zero-order chi connectivity index (χ0) is 22.8. The van der Waals surface area contributed by atoms with E-state index in [4.69, 9.17) is 13.3 Å². The molecule has 2 aliphatic rings. The van der Waals surface area contributed by atoms with Crippen LogP contribution in [-0.4, -0.2) is 0 Å². The smallest absolute Gasteiger partial charge is 0.354 e. The molecule has 0 amide bonds. The highest BCUT2D eigenvalue weighted by Gasteiger charge is 2.20. The van der Waals surface area contributed by atoms with E-state index in [-0.39, 0.29) is 0 Å².